The fraction of sp³-hybridized carbons (Fsp3) is 0.900. The Kier molecular flexibility index (Phi) is 3.77. The largest absolute Gasteiger partial charge is 0.351 e. The van der Waals surface area contributed by atoms with Gasteiger partial charge >= 0.3 is 0 Å². The number of rotatable bonds is 5. The van der Waals surface area contributed by atoms with Gasteiger partial charge in [-0.1, -0.05) is 15.9 Å². The van der Waals surface area contributed by atoms with Crippen LogP contribution in [0.1, 0.15) is 39.5 Å². The van der Waals surface area contributed by atoms with Crippen molar-refractivity contribution in [1.29, 1.82) is 0 Å². The quantitative estimate of drug-likeness (QED) is 0.744. The number of carbonyl (C=O) groups excluding carboxylic acids is 1. The van der Waals surface area contributed by atoms with E-state index in [4.69, 9.17) is 0 Å². The van der Waals surface area contributed by atoms with Crippen molar-refractivity contribution >= 4 is 21.8 Å². The minimum atomic E-state index is -0.0600. The van der Waals surface area contributed by atoms with Crippen LogP contribution in [0.2, 0.25) is 0 Å². The number of hydrogen-bond donors (Lipinski definition) is 1. The van der Waals surface area contributed by atoms with Crippen LogP contribution in [0.4, 0.5) is 0 Å². The molecule has 1 amide bonds. The fourth-order valence-corrected chi connectivity index (χ4v) is 2.30. The maximum Gasteiger partial charge on any atom is 0.220 e. The summed E-state index contributed by atoms with van der Waals surface area (Å²) in [5, 5.41) is 3.99. The van der Waals surface area contributed by atoms with E-state index in [9.17, 15) is 4.79 Å². The van der Waals surface area contributed by atoms with Crippen molar-refractivity contribution < 1.29 is 4.79 Å². The first kappa shape index (κ1) is 11.0. The first-order valence-electron chi connectivity index (χ1n) is 4.90. The van der Waals surface area contributed by atoms with E-state index in [2.05, 4.69) is 35.1 Å². The lowest BCUT2D eigenvalue weighted by atomic mass is 10.0. The van der Waals surface area contributed by atoms with Crippen molar-refractivity contribution in [3.8, 4) is 0 Å². The fourth-order valence-electron chi connectivity index (χ4n) is 1.31. The highest BCUT2D eigenvalue weighted by atomic mass is 79.9. The van der Waals surface area contributed by atoms with Crippen molar-refractivity contribution in [2.45, 2.75) is 45.1 Å². The molecule has 1 fully saturated rings. The molecule has 1 aliphatic carbocycles. The molecule has 1 N–H and O–H groups in total. The van der Waals surface area contributed by atoms with Crippen LogP contribution < -0.4 is 5.32 Å². The van der Waals surface area contributed by atoms with E-state index < -0.39 is 0 Å². The number of halogens is 1. The minimum absolute atomic E-state index is 0.0600. The number of nitrogens with one attached hydrogen (secondary N) is 1. The van der Waals surface area contributed by atoms with Crippen LogP contribution in [-0.4, -0.2) is 16.8 Å². The van der Waals surface area contributed by atoms with Gasteiger partial charge in [0.2, 0.25) is 5.91 Å². The van der Waals surface area contributed by atoms with Crippen LogP contribution in [0.15, 0.2) is 0 Å². The molecule has 1 rings (SSSR count). The molecular weight excluding hydrogens is 230 g/mol. The second-order valence-corrected chi connectivity index (χ2v) is 5.31. The monoisotopic (exact) mass is 247 g/mol. The molecule has 1 saturated carbocycles. The van der Waals surface area contributed by atoms with Gasteiger partial charge in [0.25, 0.3) is 0 Å². The maximum atomic E-state index is 11.5. The number of hydrogen-bond acceptors (Lipinski definition) is 1. The zero-order chi connectivity index (χ0) is 9.90. The van der Waals surface area contributed by atoms with Gasteiger partial charge < -0.3 is 5.32 Å². The third-order valence-electron chi connectivity index (χ3n) is 2.37. The summed E-state index contributed by atoms with van der Waals surface area (Å²) in [5.41, 5.74) is -0.0600. The van der Waals surface area contributed by atoms with Crippen molar-refractivity contribution in [3.05, 3.63) is 0 Å². The molecule has 0 atom stereocenters. The van der Waals surface area contributed by atoms with E-state index in [1.165, 1.54) is 12.8 Å². The van der Waals surface area contributed by atoms with Gasteiger partial charge in [-0.2, -0.15) is 0 Å². The van der Waals surface area contributed by atoms with E-state index in [1.54, 1.807) is 0 Å². The van der Waals surface area contributed by atoms with Gasteiger partial charge in [0, 0.05) is 17.3 Å². The molecule has 0 aromatic rings. The molecule has 0 radical (unpaired) electrons. The van der Waals surface area contributed by atoms with Crippen LogP contribution >= 0.6 is 15.9 Å². The third-order valence-corrected chi connectivity index (χ3v) is 2.76. The summed E-state index contributed by atoms with van der Waals surface area (Å²) in [7, 11) is 0. The van der Waals surface area contributed by atoms with Crippen LogP contribution in [-0.2, 0) is 4.79 Å². The van der Waals surface area contributed by atoms with Gasteiger partial charge in [0.1, 0.15) is 0 Å². The summed E-state index contributed by atoms with van der Waals surface area (Å²) < 4.78 is 0. The summed E-state index contributed by atoms with van der Waals surface area (Å²) in [6.07, 6.45) is 4.19. The topological polar surface area (TPSA) is 29.1 Å². The molecule has 0 aromatic heterocycles. The lowest BCUT2D eigenvalue weighted by molar-refractivity contribution is -0.123. The van der Waals surface area contributed by atoms with E-state index in [0.29, 0.717) is 5.92 Å². The molecule has 0 unspecified atom stereocenters. The summed E-state index contributed by atoms with van der Waals surface area (Å²) in [5.74, 6) is 0.897. The Hall–Kier alpha value is -0.0500. The van der Waals surface area contributed by atoms with Gasteiger partial charge in [-0.05, 0) is 39.0 Å². The minimum Gasteiger partial charge on any atom is -0.351 e. The van der Waals surface area contributed by atoms with E-state index in [0.717, 1.165) is 18.2 Å². The Morgan fingerprint density at radius 3 is 2.62 bits per heavy atom. The Balaban J connectivity index is 2.23. The standard InChI is InChI=1S/C10H18BrNO/c1-10(2,5-6-11)12-9(13)7-8-3-4-8/h8H,3-7H2,1-2H3,(H,12,13). The molecule has 2 nitrogen and oxygen atoms in total. The molecule has 3 heteroatoms. The molecule has 0 spiro atoms. The Morgan fingerprint density at radius 2 is 2.15 bits per heavy atom. The lowest BCUT2D eigenvalue weighted by Gasteiger charge is -2.25. The van der Waals surface area contributed by atoms with E-state index in [1.807, 2.05) is 0 Å². The van der Waals surface area contributed by atoms with Crippen LogP contribution in [0.3, 0.4) is 0 Å². The zero-order valence-electron chi connectivity index (χ0n) is 8.40. The number of amides is 1. The summed E-state index contributed by atoms with van der Waals surface area (Å²) in [4.78, 5) is 11.5. The molecule has 0 heterocycles. The van der Waals surface area contributed by atoms with Crippen LogP contribution in [0.5, 0.6) is 0 Å². The predicted octanol–water partition coefficient (Wildman–Crippen LogP) is 2.47. The first-order valence-corrected chi connectivity index (χ1v) is 6.02. The molecule has 13 heavy (non-hydrogen) atoms. The SMILES string of the molecule is CC(C)(CCBr)NC(=O)CC1CC1. The number of alkyl halides is 1. The van der Waals surface area contributed by atoms with Gasteiger partial charge in [-0.3, -0.25) is 4.79 Å². The summed E-state index contributed by atoms with van der Waals surface area (Å²) >= 11 is 3.39. The van der Waals surface area contributed by atoms with Crippen LogP contribution in [0, 0.1) is 5.92 Å². The average Bonchev–Trinajstić information content (AvgIpc) is 2.68. The predicted molar refractivity (Wildman–Crippen MR) is 58.0 cm³/mol. The van der Waals surface area contributed by atoms with Crippen molar-refractivity contribution in [3.63, 3.8) is 0 Å². The molecule has 76 valence electrons. The van der Waals surface area contributed by atoms with Gasteiger partial charge in [-0.25, -0.2) is 0 Å². The van der Waals surface area contributed by atoms with E-state index >= 15 is 0 Å². The van der Waals surface area contributed by atoms with Gasteiger partial charge in [0.05, 0.1) is 0 Å². The molecule has 1 aliphatic rings. The summed E-state index contributed by atoms with van der Waals surface area (Å²) in [6, 6.07) is 0. The van der Waals surface area contributed by atoms with Gasteiger partial charge in [0.15, 0.2) is 0 Å². The average molecular weight is 248 g/mol. The summed E-state index contributed by atoms with van der Waals surface area (Å²) in [6.45, 7) is 4.14. The van der Waals surface area contributed by atoms with Crippen molar-refractivity contribution in [2.24, 2.45) is 5.92 Å². The Bertz CT molecular complexity index is 187. The van der Waals surface area contributed by atoms with Crippen molar-refractivity contribution in [1.82, 2.24) is 5.32 Å². The highest BCUT2D eigenvalue weighted by molar-refractivity contribution is 9.09. The highest BCUT2D eigenvalue weighted by Gasteiger charge is 2.27. The number of carbonyl (C=O) groups is 1. The molecule has 0 aliphatic heterocycles. The molecule has 0 aromatic carbocycles. The first-order chi connectivity index (χ1) is 6.03. The second kappa shape index (κ2) is 4.45. The van der Waals surface area contributed by atoms with Crippen LogP contribution in [0.25, 0.3) is 0 Å². The lowest BCUT2D eigenvalue weighted by Crippen LogP contribution is -2.43. The smallest absolute Gasteiger partial charge is 0.220 e. The Labute approximate surface area is 88.6 Å². The van der Waals surface area contributed by atoms with Gasteiger partial charge in [-0.15, -0.1) is 0 Å². The van der Waals surface area contributed by atoms with E-state index in [-0.39, 0.29) is 11.4 Å². The zero-order valence-corrected chi connectivity index (χ0v) is 9.99. The normalized spacial score (nSPS) is 17.2. The van der Waals surface area contributed by atoms with Crippen molar-refractivity contribution in [2.75, 3.05) is 5.33 Å². The highest BCUT2D eigenvalue weighted by Crippen LogP contribution is 2.32. The second-order valence-electron chi connectivity index (χ2n) is 4.52. The molecular formula is C10H18BrNO. The Morgan fingerprint density at radius 1 is 1.54 bits per heavy atom. The molecule has 0 saturated heterocycles. The molecule has 0 bridgehead atoms. The third kappa shape index (κ3) is 4.65. The maximum absolute atomic E-state index is 11.5.